The molecule has 0 atom stereocenters. The Morgan fingerprint density at radius 2 is 1.24 bits per heavy atom. The molecule has 4 aliphatic heterocycles. The third-order valence-corrected chi connectivity index (χ3v) is 15.9. The zero-order chi connectivity index (χ0) is 62.1. The van der Waals surface area contributed by atoms with Crippen molar-refractivity contribution >= 4 is 40.1 Å². The average molecular weight is 1330 g/mol. The van der Waals surface area contributed by atoms with E-state index in [1.165, 1.54) is 69.8 Å². The van der Waals surface area contributed by atoms with Gasteiger partial charge in [-0.1, -0.05) is 125 Å². The van der Waals surface area contributed by atoms with Gasteiger partial charge in [0.05, 0.1) is 31.0 Å². The van der Waals surface area contributed by atoms with Crippen molar-refractivity contribution in [1.82, 2.24) is 4.98 Å². The van der Waals surface area contributed by atoms with Crippen LogP contribution in [0.1, 0.15) is 115 Å². The van der Waals surface area contributed by atoms with Crippen LogP contribution in [-0.2, 0) is 50.6 Å². The number of fused-ring (bicyclic) bond motifs is 4. The molecule has 11 rings (SSSR count). The van der Waals surface area contributed by atoms with E-state index in [1.807, 2.05) is 86.7 Å². The number of benzene rings is 5. The Morgan fingerprint density at radius 1 is 0.701 bits per heavy atom. The van der Waals surface area contributed by atoms with Crippen LogP contribution in [0.25, 0.3) is 55.0 Å². The van der Waals surface area contributed by atoms with Crippen LogP contribution < -0.4 is 9.80 Å². The van der Waals surface area contributed by atoms with Gasteiger partial charge >= 0.3 is 0 Å². The molecule has 0 spiro atoms. The van der Waals surface area contributed by atoms with Crippen LogP contribution in [0.15, 0.2) is 203 Å². The number of ketones is 1. The molecule has 441 valence electrons. The summed E-state index contributed by atoms with van der Waals surface area (Å²) in [4.78, 5) is 25.9. The van der Waals surface area contributed by atoms with Crippen LogP contribution in [0.4, 0.5) is 11.4 Å². The molecule has 11 nitrogen and oxygen atoms in total. The number of aliphatic hydroxyl groups excluding tert-OH is 1. The maximum atomic E-state index is 10.0. The van der Waals surface area contributed by atoms with Gasteiger partial charge in [-0.2, -0.15) is 0 Å². The van der Waals surface area contributed by atoms with Gasteiger partial charge in [-0.3, -0.25) is 4.79 Å². The molecule has 1 N–H and O–H groups in total. The van der Waals surface area contributed by atoms with E-state index in [0.717, 1.165) is 54.0 Å². The number of pyridine rings is 1. The zero-order valence-corrected chi connectivity index (χ0v) is 53.9. The summed E-state index contributed by atoms with van der Waals surface area (Å²) in [5.41, 5.74) is 16.7. The molecule has 0 bridgehead atoms. The minimum atomic E-state index is -0.125. The number of hydrogen-bond donors (Lipinski definition) is 1. The summed E-state index contributed by atoms with van der Waals surface area (Å²) >= 11 is 0. The van der Waals surface area contributed by atoms with Crippen molar-refractivity contribution in [2.45, 2.75) is 98.3 Å². The Labute approximate surface area is 527 Å². The first-order valence-corrected chi connectivity index (χ1v) is 28.6. The Balaban J connectivity index is 0.000000177. The third-order valence-electron chi connectivity index (χ3n) is 15.9. The Bertz CT molecular complexity index is 4050. The number of aliphatic hydroxyl groups is 1. The number of allylic oxidation sites excluding steroid dienone is 14. The molecule has 5 aliphatic rings. The molecule has 0 amide bonds. The quantitative estimate of drug-likeness (QED) is 0.0718. The maximum Gasteiger partial charge on any atom is 0.269 e. The van der Waals surface area contributed by atoms with Gasteiger partial charge in [0.2, 0.25) is 0 Å². The van der Waals surface area contributed by atoms with Crippen molar-refractivity contribution in [2.75, 3.05) is 37.0 Å². The van der Waals surface area contributed by atoms with Gasteiger partial charge in [0.25, 0.3) is 11.4 Å². The Kier molecular flexibility index (Phi) is 20.7. The first kappa shape index (κ1) is 65.0. The second kappa shape index (κ2) is 27.7. The summed E-state index contributed by atoms with van der Waals surface area (Å²) in [7, 11) is 4.00. The molecule has 0 unspecified atom stereocenters. The molecule has 1 aliphatic carbocycles. The molecule has 0 saturated heterocycles. The first-order valence-electron chi connectivity index (χ1n) is 28.6. The molecule has 12 heteroatoms. The van der Waals surface area contributed by atoms with Crippen LogP contribution in [-0.4, -0.2) is 43.1 Å². The van der Waals surface area contributed by atoms with Crippen molar-refractivity contribution in [3.05, 3.63) is 265 Å². The molecular formula is C75H72IrN7O4-. The van der Waals surface area contributed by atoms with Gasteiger partial charge in [0.1, 0.15) is 23.0 Å². The number of nitrogens with zero attached hydrogens (tertiary/aromatic N) is 7. The van der Waals surface area contributed by atoms with Crippen molar-refractivity contribution in [1.29, 1.82) is 10.5 Å². The Hall–Kier alpha value is -9.55. The van der Waals surface area contributed by atoms with Gasteiger partial charge in [-0.15, -0.1) is 29.3 Å². The SMILES string of the molecule is CC(=O)C=C(C)O.CC1(C)c2ccccc2-c2c[c-]c(-c3nccc4ccccc34)cc21.[C-]#[N+]/C(C#N)=C1\C=C(C)OC(/C=C/c2cc3c4c(c2)C(C)(C)CCN4CCC3(C)C)=C1.[C-]#[N+]/C(C#N)=C1\C=C(C)OC(/C=C/c2ccc(N(C)C)cc2)=C1.[Ir]. The van der Waals surface area contributed by atoms with Gasteiger partial charge in [0, 0.05) is 70.9 Å². The van der Waals surface area contributed by atoms with E-state index < -0.39 is 0 Å². The van der Waals surface area contributed by atoms with Crippen molar-refractivity contribution in [3.8, 4) is 34.5 Å². The summed E-state index contributed by atoms with van der Waals surface area (Å²) in [6.07, 6.45) is 20.1. The predicted octanol–water partition coefficient (Wildman–Crippen LogP) is 17.7. The van der Waals surface area contributed by atoms with Crippen LogP contribution in [0.3, 0.4) is 0 Å². The number of carbonyl (C=O) groups is 1. The van der Waals surface area contributed by atoms with Crippen molar-refractivity contribution < 1.29 is 39.5 Å². The van der Waals surface area contributed by atoms with E-state index in [2.05, 4.69) is 152 Å². The molecule has 1 radical (unpaired) electrons. The number of carbonyl (C=O) groups excluding carboxylic acids is 1. The summed E-state index contributed by atoms with van der Waals surface area (Å²) in [5.74, 6) is 2.51. The van der Waals surface area contributed by atoms with E-state index in [9.17, 15) is 10.1 Å². The largest absolute Gasteiger partial charge is 0.512 e. The van der Waals surface area contributed by atoms with Crippen molar-refractivity contribution in [3.63, 3.8) is 0 Å². The van der Waals surface area contributed by atoms with E-state index in [-0.39, 0.29) is 59.3 Å². The minimum Gasteiger partial charge on any atom is -0.512 e. The molecule has 0 fully saturated rings. The van der Waals surface area contributed by atoms with E-state index in [4.69, 9.17) is 33.0 Å². The van der Waals surface area contributed by atoms with Gasteiger partial charge in [0.15, 0.2) is 5.78 Å². The minimum absolute atomic E-state index is 0. The van der Waals surface area contributed by atoms with E-state index in [0.29, 0.717) is 34.2 Å². The van der Waals surface area contributed by atoms with Crippen molar-refractivity contribution in [2.24, 2.45) is 0 Å². The molecule has 6 aromatic rings. The fourth-order valence-corrected chi connectivity index (χ4v) is 11.3. The number of hydrogen-bond acceptors (Lipinski definition) is 9. The summed E-state index contributed by atoms with van der Waals surface area (Å²) in [5, 5.41) is 28.9. The van der Waals surface area contributed by atoms with E-state index >= 15 is 0 Å². The molecule has 0 saturated carbocycles. The second-order valence-electron chi connectivity index (χ2n) is 23.9. The summed E-state index contributed by atoms with van der Waals surface area (Å²) in [6, 6.07) is 43.7. The van der Waals surface area contributed by atoms with Crippen LogP contribution >= 0.6 is 0 Å². The first-order chi connectivity index (χ1) is 41.0. The fourth-order valence-electron chi connectivity index (χ4n) is 11.3. The number of nitriles is 2. The zero-order valence-electron chi connectivity index (χ0n) is 51.6. The smallest absolute Gasteiger partial charge is 0.269 e. The van der Waals surface area contributed by atoms with Crippen LogP contribution in [0, 0.1) is 41.9 Å². The fraction of sp³-hybridized carbons (Fsp3) is 0.253. The molecule has 87 heavy (non-hydrogen) atoms. The van der Waals surface area contributed by atoms with Gasteiger partial charge in [-0.05, 0) is 179 Å². The predicted molar refractivity (Wildman–Crippen MR) is 348 cm³/mol. The monoisotopic (exact) mass is 1330 g/mol. The van der Waals surface area contributed by atoms with Gasteiger partial charge < -0.3 is 29.4 Å². The van der Waals surface area contributed by atoms with E-state index in [1.54, 1.807) is 31.2 Å². The molecule has 5 heterocycles. The number of ether oxygens (including phenoxy) is 2. The number of anilines is 2. The second-order valence-corrected chi connectivity index (χ2v) is 23.9. The third kappa shape index (κ3) is 15.1. The summed E-state index contributed by atoms with van der Waals surface area (Å²) < 4.78 is 11.5. The topological polar surface area (TPSA) is 131 Å². The van der Waals surface area contributed by atoms with Crippen LogP contribution in [0.2, 0.25) is 0 Å². The summed E-state index contributed by atoms with van der Waals surface area (Å²) in [6.45, 7) is 37.0. The van der Waals surface area contributed by atoms with Crippen LogP contribution in [0.5, 0.6) is 0 Å². The normalized spacial score (nSPS) is 17.2. The Morgan fingerprint density at radius 3 is 1.76 bits per heavy atom. The maximum absolute atomic E-state index is 10.0. The number of rotatable bonds is 7. The van der Waals surface area contributed by atoms with Gasteiger partial charge in [-0.25, -0.2) is 20.2 Å². The average Bonchev–Trinajstić information content (AvgIpc) is 1.76. The molecule has 5 aromatic carbocycles. The molecule has 1 aromatic heterocycles. The number of aromatic nitrogens is 1. The standard InChI is InChI=1S/C27H29N3O.C24H18N.C19H17N3O.C5H8O2.Ir/c1-18-13-20(24(17-28)29-6)16-21(31-18)8-7-19-14-22-25-23(15-19)27(4,5)10-12-30(25)11-9-26(22,2)3;1-24(2)21-10-6-5-9-19(21)20-12-11-17(15-22(20)24)23-18-8-4-3-7-16(18)13-14-25-23;1-14-11-16(19(13-20)21-2)12-18(23-14)10-7-15-5-8-17(9-6-15)22(3)4;1-4(6)3-5(2)7;/h7-8,13-16H,9-12H2,1-5H3;3-10,12-15H,1-2H3;5-12H,1,3-4H3;3,6H,1-2H3;/q;-1;;;/b8-7+,24-20+;;10-7+,19-16+;;. The molecular weight excluding hydrogens is 1260 g/mol.